The van der Waals surface area contributed by atoms with Crippen molar-refractivity contribution in [3.05, 3.63) is 53.9 Å². The Hall–Kier alpha value is -2.20. The van der Waals surface area contributed by atoms with E-state index in [2.05, 4.69) is 40.7 Å². The lowest BCUT2D eigenvalue weighted by Gasteiger charge is -2.09. The summed E-state index contributed by atoms with van der Waals surface area (Å²) >= 11 is 0. The van der Waals surface area contributed by atoms with Gasteiger partial charge in [-0.15, -0.1) is 0 Å². The third kappa shape index (κ3) is 2.32. The number of fused-ring (bicyclic) bond motifs is 1. The van der Waals surface area contributed by atoms with E-state index in [1.165, 1.54) is 29.5 Å². The highest BCUT2D eigenvalue weighted by atomic mass is 15.3. The molecule has 2 heterocycles. The van der Waals surface area contributed by atoms with Gasteiger partial charge >= 0.3 is 0 Å². The van der Waals surface area contributed by atoms with E-state index < -0.39 is 0 Å². The number of aromatic nitrogens is 3. The van der Waals surface area contributed by atoms with Crippen molar-refractivity contribution < 1.29 is 0 Å². The zero-order valence-corrected chi connectivity index (χ0v) is 12.1. The third-order valence-corrected chi connectivity index (χ3v) is 4.00. The van der Waals surface area contributed by atoms with Gasteiger partial charge in [-0.2, -0.15) is 5.10 Å². The molecule has 2 aromatic heterocycles. The normalized spacial score (nSPS) is 14.7. The summed E-state index contributed by atoms with van der Waals surface area (Å²) in [5, 5.41) is 9.11. The number of rotatable bonds is 4. The molecule has 0 saturated heterocycles. The first-order chi connectivity index (χ1) is 10.3. The molecule has 0 radical (unpaired) electrons. The Labute approximate surface area is 123 Å². The second-order valence-corrected chi connectivity index (χ2v) is 5.65. The molecular weight excluding hydrogens is 260 g/mol. The van der Waals surface area contributed by atoms with Gasteiger partial charge in [0.2, 0.25) is 0 Å². The third-order valence-electron chi connectivity index (χ3n) is 4.00. The van der Waals surface area contributed by atoms with E-state index in [1.807, 2.05) is 24.0 Å². The van der Waals surface area contributed by atoms with E-state index >= 15 is 0 Å². The number of hydrogen-bond donors (Lipinski definition) is 1. The first kappa shape index (κ1) is 12.5. The SMILES string of the molecule is CNCc1cc(-n2ccc(C3CC3)n2)nc2ccccc12. The van der Waals surface area contributed by atoms with E-state index in [0.717, 1.165) is 17.9 Å². The lowest BCUT2D eigenvalue weighted by Crippen LogP contribution is -2.08. The first-order valence-corrected chi connectivity index (χ1v) is 7.44. The van der Waals surface area contributed by atoms with E-state index in [1.54, 1.807) is 0 Å². The Bertz CT molecular complexity index is 786. The zero-order chi connectivity index (χ0) is 14.2. The minimum Gasteiger partial charge on any atom is -0.316 e. The van der Waals surface area contributed by atoms with Crippen LogP contribution < -0.4 is 5.32 Å². The zero-order valence-electron chi connectivity index (χ0n) is 12.1. The molecule has 3 aromatic rings. The van der Waals surface area contributed by atoms with Gasteiger partial charge in [-0.3, -0.25) is 0 Å². The predicted molar refractivity (Wildman–Crippen MR) is 83.6 cm³/mol. The van der Waals surface area contributed by atoms with Gasteiger partial charge in [-0.25, -0.2) is 9.67 Å². The van der Waals surface area contributed by atoms with Crippen LogP contribution >= 0.6 is 0 Å². The summed E-state index contributed by atoms with van der Waals surface area (Å²) in [6, 6.07) is 12.5. The van der Waals surface area contributed by atoms with Gasteiger partial charge in [0, 0.05) is 24.0 Å². The van der Waals surface area contributed by atoms with E-state index in [-0.39, 0.29) is 0 Å². The number of benzene rings is 1. The molecule has 4 heteroatoms. The van der Waals surface area contributed by atoms with Crippen molar-refractivity contribution in [1.29, 1.82) is 0 Å². The Kier molecular flexibility index (Phi) is 2.97. The molecule has 106 valence electrons. The van der Waals surface area contributed by atoms with Crippen molar-refractivity contribution in [2.75, 3.05) is 7.05 Å². The molecule has 1 N–H and O–H groups in total. The number of para-hydroxylation sites is 1. The second kappa shape index (κ2) is 4.97. The van der Waals surface area contributed by atoms with Crippen LogP contribution in [0.15, 0.2) is 42.6 Å². The van der Waals surface area contributed by atoms with Crippen LogP contribution in [0.5, 0.6) is 0 Å². The molecule has 0 amide bonds. The molecule has 1 aliphatic carbocycles. The van der Waals surface area contributed by atoms with Crippen molar-refractivity contribution in [2.24, 2.45) is 0 Å². The van der Waals surface area contributed by atoms with Gasteiger partial charge in [0.25, 0.3) is 0 Å². The van der Waals surface area contributed by atoms with Crippen molar-refractivity contribution in [3.63, 3.8) is 0 Å². The lowest BCUT2D eigenvalue weighted by molar-refractivity contribution is 0.798. The van der Waals surface area contributed by atoms with Crippen LogP contribution in [-0.4, -0.2) is 21.8 Å². The molecular formula is C17H18N4. The van der Waals surface area contributed by atoms with Crippen LogP contribution in [-0.2, 0) is 6.54 Å². The number of hydrogen-bond acceptors (Lipinski definition) is 3. The van der Waals surface area contributed by atoms with Gasteiger partial charge in [0.05, 0.1) is 11.2 Å². The number of nitrogens with one attached hydrogen (secondary N) is 1. The molecule has 0 unspecified atom stereocenters. The highest BCUT2D eigenvalue weighted by Gasteiger charge is 2.26. The largest absolute Gasteiger partial charge is 0.316 e. The minimum absolute atomic E-state index is 0.670. The van der Waals surface area contributed by atoms with Crippen LogP contribution in [0.3, 0.4) is 0 Å². The maximum absolute atomic E-state index is 4.75. The molecule has 0 aliphatic heterocycles. The van der Waals surface area contributed by atoms with Crippen LogP contribution in [0.1, 0.15) is 30.0 Å². The monoisotopic (exact) mass is 278 g/mol. The van der Waals surface area contributed by atoms with Crippen molar-refractivity contribution in [2.45, 2.75) is 25.3 Å². The van der Waals surface area contributed by atoms with Gasteiger partial charge in [-0.1, -0.05) is 18.2 Å². The Morgan fingerprint density at radius 3 is 2.90 bits per heavy atom. The summed E-state index contributed by atoms with van der Waals surface area (Å²) < 4.78 is 1.90. The van der Waals surface area contributed by atoms with Gasteiger partial charge in [-0.05, 0) is 43.7 Å². The van der Waals surface area contributed by atoms with Gasteiger partial charge < -0.3 is 5.32 Å². The Morgan fingerprint density at radius 1 is 1.24 bits per heavy atom. The Morgan fingerprint density at radius 2 is 2.10 bits per heavy atom. The summed E-state index contributed by atoms with van der Waals surface area (Å²) in [7, 11) is 1.97. The van der Waals surface area contributed by atoms with Crippen LogP contribution in [0, 0.1) is 0 Å². The second-order valence-electron chi connectivity index (χ2n) is 5.65. The maximum atomic E-state index is 4.75. The maximum Gasteiger partial charge on any atom is 0.154 e. The average Bonchev–Trinajstić information content (AvgIpc) is 3.25. The van der Waals surface area contributed by atoms with E-state index in [4.69, 9.17) is 4.98 Å². The molecule has 1 fully saturated rings. The topological polar surface area (TPSA) is 42.7 Å². The molecule has 4 rings (SSSR count). The van der Waals surface area contributed by atoms with Crippen molar-refractivity contribution in [1.82, 2.24) is 20.1 Å². The molecule has 0 bridgehead atoms. The summed E-state index contributed by atoms with van der Waals surface area (Å²) in [6.45, 7) is 0.826. The van der Waals surface area contributed by atoms with Crippen LogP contribution in [0.25, 0.3) is 16.7 Å². The first-order valence-electron chi connectivity index (χ1n) is 7.44. The Balaban J connectivity index is 1.83. The van der Waals surface area contributed by atoms with Crippen LogP contribution in [0.4, 0.5) is 0 Å². The fourth-order valence-corrected chi connectivity index (χ4v) is 2.75. The minimum atomic E-state index is 0.670. The molecule has 1 aromatic carbocycles. The van der Waals surface area contributed by atoms with Crippen molar-refractivity contribution >= 4 is 10.9 Å². The summed E-state index contributed by atoms with van der Waals surface area (Å²) in [6.07, 6.45) is 4.56. The standard InChI is InChI=1S/C17H18N4/c1-18-11-13-10-17(19-16-5-3-2-4-14(13)16)21-9-8-15(20-21)12-6-7-12/h2-5,8-10,12,18H,6-7,11H2,1H3. The summed E-state index contributed by atoms with van der Waals surface area (Å²) in [4.78, 5) is 4.75. The van der Waals surface area contributed by atoms with Crippen molar-refractivity contribution in [3.8, 4) is 5.82 Å². The average molecular weight is 278 g/mol. The predicted octanol–water partition coefficient (Wildman–Crippen LogP) is 3.02. The quantitative estimate of drug-likeness (QED) is 0.797. The van der Waals surface area contributed by atoms with E-state index in [0.29, 0.717) is 5.92 Å². The van der Waals surface area contributed by atoms with E-state index in [9.17, 15) is 0 Å². The lowest BCUT2D eigenvalue weighted by atomic mass is 10.1. The highest BCUT2D eigenvalue weighted by Crippen LogP contribution is 2.39. The molecule has 0 atom stereocenters. The summed E-state index contributed by atoms with van der Waals surface area (Å²) in [5.41, 5.74) is 3.46. The number of nitrogens with zero attached hydrogens (tertiary/aromatic N) is 3. The molecule has 0 spiro atoms. The van der Waals surface area contributed by atoms with Gasteiger partial charge in [0.1, 0.15) is 0 Å². The highest BCUT2D eigenvalue weighted by molar-refractivity contribution is 5.83. The fraction of sp³-hybridized carbons (Fsp3) is 0.294. The smallest absolute Gasteiger partial charge is 0.154 e. The molecule has 4 nitrogen and oxygen atoms in total. The summed E-state index contributed by atoms with van der Waals surface area (Å²) in [5.74, 6) is 1.56. The molecule has 21 heavy (non-hydrogen) atoms. The van der Waals surface area contributed by atoms with Crippen LogP contribution in [0.2, 0.25) is 0 Å². The van der Waals surface area contributed by atoms with Gasteiger partial charge in [0.15, 0.2) is 5.82 Å². The molecule has 1 saturated carbocycles. The number of pyridine rings is 1. The fourth-order valence-electron chi connectivity index (χ4n) is 2.75. The molecule has 1 aliphatic rings.